The van der Waals surface area contributed by atoms with Crippen molar-refractivity contribution in [1.82, 2.24) is 0 Å². The summed E-state index contributed by atoms with van der Waals surface area (Å²) < 4.78 is 0. The first kappa shape index (κ1) is 16.5. The molecule has 0 aliphatic carbocycles. The van der Waals surface area contributed by atoms with Gasteiger partial charge in [-0.2, -0.15) is 0 Å². The monoisotopic (exact) mass is 306 g/mol. The van der Waals surface area contributed by atoms with Gasteiger partial charge in [-0.1, -0.05) is 97.2 Å². The van der Waals surface area contributed by atoms with Crippen molar-refractivity contribution >= 4 is 14.1 Å². The van der Waals surface area contributed by atoms with Gasteiger partial charge in [-0.3, -0.25) is 0 Å². The highest BCUT2D eigenvalue weighted by Crippen LogP contribution is 2.33. The molecular weight excluding hydrogens is 280 g/mol. The van der Waals surface area contributed by atoms with Crippen LogP contribution in [0.25, 0.3) is 6.08 Å². The van der Waals surface area contributed by atoms with Crippen LogP contribution in [0.15, 0.2) is 72.4 Å². The van der Waals surface area contributed by atoms with Crippen molar-refractivity contribution in [3.05, 3.63) is 89.1 Å². The molecule has 0 spiro atoms. The van der Waals surface area contributed by atoms with E-state index in [0.29, 0.717) is 5.92 Å². The van der Waals surface area contributed by atoms with Gasteiger partial charge in [0.25, 0.3) is 0 Å². The Morgan fingerprint density at radius 2 is 1.68 bits per heavy atom. The fraction of sp³-hybridized carbons (Fsp3) is 0.238. The van der Waals surface area contributed by atoms with Gasteiger partial charge in [0.1, 0.15) is 0 Å². The largest absolute Gasteiger partial charge is 0.102 e. The molecule has 0 aliphatic heterocycles. The summed E-state index contributed by atoms with van der Waals surface area (Å²) in [6.45, 7) is 13.5. The normalized spacial score (nSPS) is 13.7. The lowest BCUT2D eigenvalue weighted by Gasteiger charge is -2.28. The van der Waals surface area contributed by atoms with Crippen molar-refractivity contribution in [2.45, 2.75) is 32.5 Å². The summed E-state index contributed by atoms with van der Waals surface area (Å²) in [4.78, 5) is 0. The molecule has 114 valence electrons. The highest BCUT2D eigenvalue weighted by Gasteiger charge is 2.26. The summed E-state index contributed by atoms with van der Waals surface area (Å²) in [7, 11) is -1.46. The number of hydrogen-bond donors (Lipinski definition) is 0. The lowest BCUT2D eigenvalue weighted by molar-refractivity contribution is 1.05. The second-order valence-corrected chi connectivity index (χ2v) is 12.0. The molecule has 0 saturated heterocycles. The summed E-state index contributed by atoms with van der Waals surface area (Å²) in [6, 6.07) is 19.4. The van der Waals surface area contributed by atoms with Crippen LogP contribution in [0.3, 0.4) is 0 Å². The minimum atomic E-state index is -1.46. The first-order valence-electron chi connectivity index (χ1n) is 7.88. The van der Waals surface area contributed by atoms with Crippen molar-refractivity contribution in [2.24, 2.45) is 0 Å². The highest BCUT2D eigenvalue weighted by molar-refractivity contribution is 6.84. The van der Waals surface area contributed by atoms with E-state index in [1.54, 1.807) is 0 Å². The van der Waals surface area contributed by atoms with Gasteiger partial charge in [0.2, 0.25) is 0 Å². The number of rotatable bonds is 5. The van der Waals surface area contributed by atoms with Crippen LogP contribution < -0.4 is 0 Å². The molecular formula is C21H26Si. The van der Waals surface area contributed by atoms with Crippen molar-refractivity contribution in [3.8, 4) is 0 Å². The molecule has 0 radical (unpaired) electrons. The Morgan fingerprint density at radius 3 is 2.23 bits per heavy atom. The minimum absolute atomic E-state index is 0.299. The van der Waals surface area contributed by atoms with Crippen molar-refractivity contribution in [2.75, 3.05) is 0 Å². The average molecular weight is 307 g/mol. The van der Waals surface area contributed by atoms with E-state index in [1.807, 2.05) is 0 Å². The van der Waals surface area contributed by atoms with E-state index in [1.165, 1.54) is 21.9 Å². The van der Waals surface area contributed by atoms with Crippen LogP contribution in [0.5, 0.6) is 0 Å². The van der Waals surface area contributed by atoms with Gasteiger partial charge in [-0.05, 0) is 18.1 Å². The smallest absolute Gasteiger partial charge is 0.0736 e. The molecule has 0 bridgehead atoms. The van der Waals surface area contributed by atoms with Crippen LogP contribution in [-0.2, 0) is 0 Å². The molecule has 0 aliphatic rings. The first-order valence-corrected chi connectivity index (χ1v) is 11.4. The van der Waals surface area contributed by atoms with E-state index < -0.39 is 8.07 Å². The maximum absolute atomic E-state index is 4.11. The first-order chi connectivity index (χ1) is 10.4. The minimum Gasteiger partial charge on any atom is -0.102 e. The third kappa shape index (κ3) is 4.08. The summed E-state index contributed by atoms with van der Waals surface area (Å²) in [5.41, 5.74) is 3.93. The van der Waals surface area contributed by atoms with Gasteiger partial charge in [0.05, 0.1) is 8.07 Å². The third-order valence-electron chi connectivity index (χ3n) is 3.96. The lowest BCUT2D eigenvalue weighted by atomic mass is 9.97. The number of hydrogen-bond acceptors (Lipinski definition) is 0. The van der Waals surface area contributed by atoms with Gasteiger partial charge in [-0.15, -0.1) is 6.58 Å². The lowest BCUT2D eigenvalue weighted by Crippen LogP contribution is -2.27. The molecule has 22 heavy (non-hydrogen) atoms. The third-order valence-corrected chi connectivity index (χ3v) is 6.15. The predicted molar refractivity (Wildman–Crippen MR) is 102 cm³/mol. The quantitative estimate of drug-likeness (QED) is 0.454. The highest BCUT2D eigenvalue weighted by atomic mass is 28.3. The summed E-state index contributed by atoms with van der Waals surface area (Å²) in [6.07, 6.45) is 4.48. The van der Waals surface area contributed by atoms with Gasteiger partial charge in [0, 0.05) is 5.92 Å². The van der Waals surface area contributed by atoms with E-state index in [4.69, 9.17) is 0 Å². The Bertz CT molecular complexity index is 660. The molecule has 0 fully saturated rings. The molecule has 0 amide bonds. The van der Waals surface area contributed by atoms with E-state index >= 15 is 0 Å². The molecule has 0 heterocycles. The SMILES string of the molecule is C=C[C@H](/C(=C\c1cccc(C)c1)[Si](C)(C)C)c1ccccc1. The fourth-order valence-corrected chi connectivity index (χ4v) is 4.63. The van der Waals surface area contributed by atoms with Gasteiger partial charge >= 0.3 is 0 Å². The van der Waals surface area contributed by atoms with Crippen LogP contribution in [0.1, 0.15) is 22.6 Å². The molecule has 0 unspecified atom stereocenters. The molecule has 0 aromatic heterocycles. The van der Waals surface area contributed by atoms with Crippen molar-refractivity contribution < 1.29 is 0 Å². The van der Waals surface area contributed by atoms with Crippen molar-refractivity contribution in [1.29, 1.82) is 0 Å². The molecule has 2 aromatic rings. The molecule has 0 N–H and O–H groups in total. The Labute approximate surface area is 136 Å². The van der Waals surface area contributed by atoms with Crippen LogP contribution in [-0.4, -0.2) is 8.07 Å². The molecule has 0 saturated carbocycles. The fourth-order valence-electron chi connectivity index (χ4n) is 2.82. The zero-order chi connectivity index (χ0) is 16.2. The molecule has 0 nitrogen and oxygen atoms in total. The second kappa shape index (κ2) is 6.93. The van der Waals surface area contributed by atoms with E-state index in [-0.39, 0.29) is 0 Å². The standard InChI is InChI=1S/C21H26Si/c1-6-20(19-13-8-7-9-14-19)21(22(3,4)5)16-18-12-10-11-17(2)15-18/h6-16,20H,1H2,2-5H3/b21-16+/t20-/m0/s1. The maximum atomic E-state index is 4.11. The summed E-state index contributed by atoms with van der Waals surface area (Å²) >= 11 is 0. The topological polar surface area (TPSA) is 0 Å². The number of allylic oxidation sites excluding steroid dienone is 2. The van der Waals surface area contributed by atoms with E-state index in [2.05, 4.69) is 99.9 Å². The predicted octanol–water partition coefficient (Wildman–Crippen LogP) is 6.23. The average Bonchev–Trinajstić information content (AvgIpc) is 2.47. The van der Waals surface area contributed by atoms with E-state index in [9.17, 15) is 0 Å². The van der Waals surface area contributed by atoms with Crippen LogP contribution in [0, 0.1) is 6.92 Å². The van der Waals surface area contributed by atoms with Crippen molar-refractivity contribution in [3.63, 3.8) is 0 Å². The molecule has 2 rings (SSSR count). The van der Waals surface area contributed by atoms with Crippen LogP contribution in [0.2, 0.25) is 19.6 Å². The Morgan fingerprint density at radius 1 is 1.00 bits per heavy atom. The van der Waals surface area contributed by atoms with E-state index in [0.717, 1.165) is 0 Å². The Balaban J connectivity index is 2.53. The zero-order valence-electron chi connectivity index (χ0n) is 14.1. The Kier molecular flexibility index (Phi) is 5.20. The molecule has 1 heteroatoms. The summed E-state index contributed by atoms with van der Waals surface area (Å²) in [5, 5.41) is 1.53. The second-order valence-electron chi connectivity index (χ2n) is 6.89. The zero-order valence-corrected chi connectivity index (χ0v) is 15.1. The molecule has 1 atom stereocenters. The Hall–Kier alpha value is -1.86. The number of aryl methyl sites for hydroxylation is 1. The number of benzene rings is 2. The maximum Gasteiger partial charge on any atom is 0.0736 e. The summed E-state index contributed by atoms with van der Waals surface area (Å²) in [5.74, 6) is 0.299. The molecule has 2 aromatic carbocycles. The van der Waals surface area contributed by atoms with Crippen LogP contribution >= 0.6 is 0 Å². The van der Waals surface area contributed by atoms with Gasteiger partial charge in [-0.25, -0.2) is 0 Å². The van der Waals surface area contributed by atoms with Gasteiger partial charge in [0.15, 0.2) is 0 Å². The van der Waals surface area contributed by atoms with Gasteiger partial charge < -0.3 is 0 Å². The van der Waals surface area contributed by atoms with Crippen LogP contribution in [0.4, 0.5) is 0 Å².